The second-order valence-corrected chi connectivity index (χ2v) is 10.7. The minimum absolute atomic E-state index is 0.0741. The standard InChI is InChI=1S/C33H38FN3O2/c1-5-26(6-2)36-17-9-10-23(20-36)21-37-32(27-11-7-8-12-31(27)39-4)35-30-16-15-24(18-28(30)33(37)38)25-14-13-22(3)29(34)19-25/h7-8,11-16,18-19,23,26H,5-6,9-10,17,20-21H2,1-4H3. The summed E-state index contributed by atoms with van der Waals surface area (Å²) in [6.45, 7) is 8.94. The van der Waals surface area contributed by atoms with Crippen molar-refractivity contribution in [1.29, 1.82) is 0 Å². The molecule has 5 rings (SSSR count). The van der Waals surface area contributed by atoms with Crippen molar-refractivity contribution in [3.05, 3.63) is 82.4 Å². The number of fused-ring (bicyclic) bond motifs is 1. The van der Waals surface area contributed by atoms with Gasteiger partial charge in [-0.3, -0.25) is 9.36 Å². The zero-order valence-electron chi connectivity index (χ0n) is 23.4. The first-order valence-electron chi connectivity index (χ1n) is 14.1. The number of aromatic nitrogens is 2. The Labute approximate surface area is 230 Å². The highest BCUT2D eigenvalue weighted by Gasteiger charge is 2.26. The van der Waals surface area contributed by atoms with Crippen molar-refractivity contribution in [1.82, 2.24) is 14.5 Å². The molecule has 1 atom stereocenters. The number of likely N-dealkylation sites (tertiary alicyclic amines) is 1. The van der Waals surface area contributed by atoms with Crippen molar-refractivity contribution in [2.24, 2.45) is 5.92 Å². The van der Waals surface area contributed by atoms with Crippen molar-refractivity contribution < 1.29 is 9.13 Å². The summed E-state index contributed by atoms with van der Waals surface area (Å²) in [5, 5.41) is 0.541. The number of halogens is 1. The molecule has 1 aliphatic heterocycles. The van der Waals surface area contributed by atoms with Crippen LogP contribution in [0.25, 0.3) is 33.4 Å². The summed E-state index contributed by atoms with van der Waals surface area (Å²) in [5.41, 5.74) is 3.49. The number of nitrogens with zero attached hydrogens (tertiary/aromatic N) is 3. The number of hydrogen-bond donors (Lipinski definition) is 0. The van der Waals surface area contributed by atoms with Crippen LogP contribution in [0, 0.1) is 18.7 Å². The lowest BCUT2D eigenvalue weighted by Crippen LogP contribution is -2.44. The molecule has 1 saturated heterocycles. The predicted octanol–water partition coefficient (Wildman–Crippen LogP) is 7.09. The van der Waals surface area contributed by atoms with Gasteiger partial charge in [-0.05, 0) is 92.1 Å². The average molecular weight is 528 g/mol. The third-order valence-corrected chi connectivity index (χ3v) is 8.26. The Morgan fingerprint density at radius 2 is 1.79 bits per heavy atom. The lowest BCUT2D eigenvalue weighted by molar-refractivity contribution is 0.109. The molecule has 0 aliphatic carbocycles. The van der Waals surface area contributed by atoms with Gasteiger partial charge in [0.15, 0.2) is 0 Å². The number of aryl methyl sites for hydroxylation is 1. The van der Waals surface area contributed by atoms with Gasteiger partial charge in [0, 0.05) is 19.1 Å². The molecule has 1 unspecified atom stereocenters. The molecule has 1 aliphatic rings. The average Bonchev–Trinajstić information content (AvgIpc) is 2.96. The van der Waals surface area contributed by atoms with E-state index in [2.05, 4.69) is 18.7 Å². The van der Waals surface area contributed by atoms with Crippen molar-refractivity contribution in [3.8, 4) is 28.3 Å². The maximum Gasteiger partial charge on any atom is 0.261 e. The molecule has 3 aromatic carbocycles. The molecule has 0 N–H and O–H groups in total. The van der Waals surface area contributed by atoms with Gasteiger partial charge in [-0.25, -0.2) is 9.37 Å². The van der Waals surface area contributed by atoms with Gasteiger partial charge < -0.3 is 9.64 Å². The second-order valence-electron chi connectivity index (χ2n) is 10.7. The summed E-state index contributed by atoms with van der Waals surface area (Å²) in [6.07, 6.45) is 4.48. The Kier molecular flexibility index (Phi) is 8.12. The SMILES string of the molecule is CCC(CC)N1CCCC(Cn2c(-c3ccccc3OC)nc3ccc(-c4ccc(C)c(F)c4)cc3c2=O)C1. The van der Waals surface area contributed by atoms with Crippen LogP contribution in [0.15, 0.2) is 65.5 Å². The van der Waals surface area contributed by atoms with Gasteiger partial charge in [0.25, 0.3) is 5.56 Å². The Morgan fingerprint density at radius 3 is 2.54 bits per heavy atom. The van der Waals surface area contributed by atoms with Crippen LogP contribution in [0.4, 0.5) is 4.39 Å². The van der Waals surface area contributed by atoms with E-state index < -0.39 is 0 Å². The molecule has 0 amide bonds. The van der Waals surface area contributed by atoms with E-state index >= 15 is 0 Å². The molecular formula is C33H38FN3O2. The highest BCUT2D eigenvalue weighted by molar-refractivity contribution is 5.85. The van der Waals surface area contributed by atoms with Crippen molar-refractivity contribution in [3.63, 3.8) is 0 Å². The van der Waals surface area contributed by atoms with Crippen LogP contribution < -0.4 is 10.3 Å². The zero-order chi connectivity index (χ0) is 27.5. The van der Waals surface area contributed by atoms with Gasteiger partial charge in [-0.1, -0.05) is 44.2 Å². The van der Waals surface area contributed by atoms with E-state index in [1.54, 1.807) is 20.1 Å². The maximum absolute atomic E-state index is 14.3. The Hall–Kier alpha value is -3.51. The molecule has 1 aromatic heterocycles. The number of ether oxygens (including phenoxy) is 1. The zero-order valence-corrected chi connectivity index (χ0v) is 23.4. The molecular weight excluding hydrogens is 489 g/mol. The lowest BCUT2D eigenvalue weighted by atomic mass is 9.95. The first kappa shape index (κ1) is 27.1. The molecule has 0 saturated carbocycles. The van der Waals surface area contributed by atoms with E-state index in [4.69, 9.17) is 9.72 Å². The molecule has 2 heterocycles. The topological polar surface area (TPSA) is 47.4 Å². The first-order valence-corrected chi connectivity index (χ1v) is 14.1. The van der Waals surface area contributed by atoms with Gasteiger partial charge >= 0.3 is 0 Å². The van der Waals surface area contributed by atoms with Gasteiger partial charge in [0.1, 0.15) is 17.4 Å². The highest BCUT2D eigenvalue weighted by Crippen LogP contribution is 2.31. The monoisotopic (exact) mass is 527 g/mol. The summed E-state index contributed by atoms with van der Waals surface area (Å²) < 4.78 is 21.9. The summed E-state index contributed by atoms with van der Waals surface area (Å²) in [7, 11) is 1.64. The molecule has 0 bridgehead atoms. The predicted molar refractivity (Wildman–Crippen MR) is 157 cm³/mol. The minimum atomic E-state index is -0.256. The summed E-state index contributed by atoms with van der Waals surface area (Å²) in [5.74, 6) is 1.40. The molecule has 5 nitrogen and oxygen atoms in total. The largest absolute Gasteiger partial charge is 0.496 e. The van der Waals surface area contributed by atoms with Crippen LogP contribution in [0.3, 0.4) is 0 Å². The van der Waals surface area contributed by atoms with Crippen molar-refractivity contribution in [2.45, 2.75) is 59.0 Å². The number of rotatable bonds is 8. The van der Waals surface area contributed by atoms with E-state index in [1.165, 1.54) is 6.07 Å². The third kappa shape index (κ3) is 5.48. The van der Waals surface area contributed by atoms with Gasteiger partial charge in [-0.15, -0.1) is 0 Å². The molecule has 0 radical (unpaired) electrons. The summed E-state index contributed by atoms with van der Waals surface area (Å²) in [6, 6.07) is 19.1. The lowest BCUT2D eigenvalue weighted by Gasteiger charge is -2.38. The number of para-hydroxylation sites is 1. The molecule has 4 aromatic rings. The smallest absolute Gasteiger partial charge is 0.261 e. The Morgan fingerprint density at radius 1 is 1.05 bits per heavy atom. The Bertz CT molecular complexity index is 1530. The number of benzene rings is 3. The Balaban J connectivity index is 1.63. The maximum atomic E-state index is 14.3. The second kappa shape index (κ2) is 11.7. The number of methoxy groups -OCH3 is 1. The summed E-state index contributed by atoms with van der Waals surface area (Å²) in [4.78, 5) is 21.8. The van der Waals surface area contributed by atoms with Crippen molar-refractivity contribution >= 4 is 10.9 Å². The van der Waals surface area contributed by atoms with E-state index in [9.17, 15) is 9.18 Å². The molecule has 204 valence electrons. The van der Waals surface area contributed by atoms with Crippen LogP contribution in [0.5, 0.6) is 5.75 Å². The quantitative estimate of drug-likeness (QED) is 0.246. The fraction of sp³-hybridized carbons (Fsp3) is 0.394. The van der Waals surface area contributed by atoms with Crippen LogP contribution in [0.1, 0.15) is 45.1 Å². The van der Waals surface area contributed by atoms with Crippen LogP contribution in [-0.4, -0.2) is 40.7 Å². The van der Waals surface area contributed by atoms with E-state index in [0.29, 0.717) is 46.5 Å². The first-order chi connectivity index (χ1) is 18.9. The molecule has 6 heteroatoms. The fourth-order valence-electron chi connectivity index (χ4n) is 6.02. The molecule has 1 fully saturated rings. The van der Waals surface area contributed by atoms with Crippen LogP contribution in [0.2, 0.25) is 0 Å². The van der Waals surface area contributed by atoms with Gasteiger partial charge in [0.2, 0.25) is 0 Å². The van der Waals surface area contributed by atoms with E-state index in [-0.39, 0.29) is 11.4 Å². The van der Waals surface area contributed by atoms with E-state index in [1.807, 2.05) is 53.1 Å². The number of piperidine rings is 1. The van der Waals surface area contributed by atoms with Crippen LogP contribution >= 0.6 is 0 Å². The summed E-state index contributed by atoms with van der Waals surface area (Å²) >= 11 is 0. The number of hydrogen-bond acceptors (Lipinski definition) is 4. The minimum Gasteiger partial charge on any atom is -0.496 e. The van der Waals surface area contributed by atoms with Gasteiger partial charge in [-0.2, -0.15) is 0 Å². The van der Waals surface area contributed by atoms with E-state index in [0.717, 1.165) is 55.5 Å². The fourth-order valence-corrected chi connectivity index (χ4v) is 6.02. The highest BCUT2D eigenvalue weighted by atomic mass is 19.1. The van der Waals surface area contributed by atoms with Crippen LogP contribution in [-0.2, 0) is 6.54 Å². The normalized spacial score (nSPS) is 16.2. The van der Waals surface area contributed by atoms with Gasteiger partial charge in [0.05, 0.1) is 23.6 Å². The van der Waals surface area contributed by atoms with Crippen molar-refractivity contribution in [2.75, 3.05) is 20.2 Å². The third-order valence-electron chi connectivity index (χ3n) is 8.26. The molecule has 0 spiro atoms. The molecule has 39 heavy (non-hydrogen) atoms.